The van der Waals surface area contributed by atoms with Gasteiger partial charge in [0.1, 0.15) is 12.1 Å². The van der Waals surface area contributed by atoms with Gasteiger partial charge in [-0.1, -0.05) is 83.9 Å². The van der Waals surface area contributed by atoms with Gasteiger partial charge in [-0.15, -0.1) is 0 Å². The van der Waals surface area contributed by atoms with Crippen LogP contribution in [0.5, 0.6) is 0 Å². The van der Waals surface area contributed by atoms with Gasteiger partial charge in [0.15, 0.2) is 0 Å². The second-order valence-corrected chi connectivity index (χ2v) is 11.4. The summed E-state index contributed by atoms with van der Waals surface area (Å²) in [5.41, 5.74) is 2.02. The summed E-state index contributed by atoms with van der Waals surface area (Å²) in [5.74, 6) is -0.539. The highest BCUT2D eigenvalue weighted by molar-refractivity contribution is 7.89. The Bertz CT molecular complexity index is 1230. The van der Waals surface area contributed by atoms with Gasteiger partial charge in [-0.05, 0) is 61.4 Å². The Hall–Kier alpha value is -2.38. The summed E-state index contributed by atoms with van der Waals surface area (Å²) in [6.45, 7) is 0.228. The highest BCUT2D eigenvalue weighted by Gasteiger charge is 2.39. The summed E-state index contributed by atoms with van der Waals surface area (Å²) < 4.78 is 34.2. The first kappa shape index (κ1) is 25.7. The summed E-state index contributed by atoms with van der Waals surface area (Å²) in [6.07, 6.45) is 2.61. The molecule has 0 saturated carbocycles. The zero-order valence-corrected chi connectivity index (χ0v) is 21.5. The van der Waals surface area contributed by atoms with Crippen molar-refractivity contribution in [3.8, 4) is 0 Å². The van der Waals surface area contributed by atoms with Crippen molar-refractivity contribution in [2.45, 2.75) is 49.1 Å². The number of esters is 1. The van der Waals surface area contributed by atoms with E-state index in [1.54, 1.807) is 0 Å². The van der Waals surface area contributed by atoms with Crippen LogP contribution < -0.4 is 0 Å². The maximum Gasteiger partial charge on any atom is 0.325 e. The van der Waals surface area contributed by atoms with Crippen LogP contribution in [-0.2, 0) is 26.0 Å². The number of carbonyl (C=O) groups excluding carboxylic acids is 1. The van der Waals surface area contributed by atoms with Crippen LogP contribution in [0, 0.1) is 0 Å². The molecule has 0 aliphatic carbocycles. The fraction of sp³-hybridized carbons (Fsp3) is 0.296. The molecular formula is C27H27Cl2NO4S. The molecule has 0 unspecified atom stereocenters. The lowest BCUT2D eigenvalue weighted by Crippen LogP contribution is -2.48. The van der Waals surface area contributed by atoms with E-state index in [0.717, 1.165) is 24.0 Å². The van der Waals surface area contributed by atoms with Crippen molar-refractivity contribution in [3.63, 3.8) is 0 Å². The van der Waals surface area contributed by atoms with Gasteiger partial charge in [-0.25, -0.2) is 8.42 Å². The average molecular weight is 532 g/mol. The summed E-state index contributed by atoms with van der Waals surface area (Å²) in [4.78, 5) is 13.4. The van der Waals surface area contributed by atoms with E-state index in [4.69, 9.17) is 27.9 Å². The molecule has 1 aliphatic heterocycles. The third-order valence-electron chi connectivity index (χ3n) is 6.14. The molecule has 1 aliphatic rings. The summed E-state index contributed by atoms with van der Waals surface area (Å²) in [6, 6.07) is 22.8. The molecule has 4 rings (SSSR count). The van der Waals surface area contributed by atoms with E-state index in [1.807, 2.05) is 60.7 Å². The molecule has 0 N–H and O–H groups in total. The van der Waals surface area contributed by atoms with Crippen molar-refractivity contribution in [2.75, 3.05) is 6.54 Å². The van der Waals surface area contributed by atoms with Crippen LogP contribution in [0.2, 0.25) is 10.0 Å². The van der Waals surface area contributed by atoms with E-state index < -0.39 is 28.1 Å². The van der Waals surface area contributed by atoms with Gasteiger partial charge in [-0.2, -0.15) is 4.31 Å². The quantitative estimate of drug-likeness (QED) is 0.313. The molecule has 0 aromatic heterocycles. The highest BCUT2D eigenvalue weighted by Crippen LogP contribution is 2.31. The molecule has 0 bridgehead atoms. The minimum absolute atomic E-state index is 0.0293. The molecule has 8 heteroatoms. The smallest absolute Gasteiger partial charge is 0.325 e. The molecule has 35 heavy (non-hydrogen) atoms. The van der Waals surface area contributed by atoms with E-state index in [2.05, 4.69) is 0 Å². The number of halogens is 2. The summed E-state index contributed by atoms with van der Waals surface area (Å²) >= 11 is 12.1. The van der Waals surface area contributed by atoms with Crippen molar-refractivity contribution in [3.05, 3.63) is 100 Å². The molecule has 0 radical (unpaired) electrons. The predicted octanol–water partition coefficient (Wildman–Crippen LogP) is 6.45. The Morgan fingerprint density at radius 3 is 2.23 bits per heavy atom. The maximum absolute atomic E-state index is 13.5. The lowest BCUT2D eigenvalue weighted by Gasteiger charge is -2.34. The number of benzene rings is 3. The molecule has 2 atom stereocenters. The maximum atomic E-state index is 13.5. The Kier molecular flexibility index (Phi) is 8.50. The Morgan fingerprint density at radius 2 is 1.57 bits per heavy atom. The van der Waals surface area contributed by atoms with E-state index in [-0.39, 0.29) is 21.5 Å². The van der Waals surface area contributed by atoms with Crippen LogP contribution >= 0.6 is 23.2 Å². The number of sulfonamides is 1. The topological polar surface area (TPSA) is 63.7 Å². The van der Waals surface area contributed by atoms with E-state index in [0.29, 0.717) is 19.3 Å². The molecule has 5 nitrogen and oxygen atoms in total. The van der Waals surface area contributed by atoms with Crippen molar-refractivity contribution >= 4 is 39.2 Å². The lowest BCUT2D eigenvalue weighted by molar-refractivity contribution is -0.155. The predicted molar refractivity (Wildman–Crippen MR) is 138 cm³/mol. The second kappa shape index (κ2) is 11.6. The number of hydrogen-bond donors (Lipinski definition) is 0. The van der Waals surface area contributed by atoms with Gasteiger partial charge in [0, 0.05) is 16.6 Å². The van der Waals surface area contributed by atoms with Crippen LogP contribution in [0.25, 0.3) is 0 Å². The first-order valence-electron chi connectivity index (χ1n) is 11.6. The number of piperidine rings is 1. The molecule has 1 heterocycles. The van der Waals surface area contributed by atoms with Gasteiger partial charge in [0.2, 0.25) is 10.0 Å². The highest BCUT2D eigenvalue weighted by atomic mass is 35.5. The summed E-state index contributed by atoms with van der Waals surface area (Å²) in [5, 5.41) is 0.439. The number of nitrogens with zero attached hydrogens (tertiary/aromatic N) is 1. The van der Waals surface area contributed by atoms with Crippen molar-refractivity contribution in [1.82, 2.24) is 4.31 Å². The fourth-order valence-corrected chi connectivity index (χ4v) is 6.74. The Balaban J connectivity index is 1.56. The molecule has 184 valence electrons. The van der Waals surface area contributed by atoms with Gasteiger partial charge in [0.25, 0.3) is 0 Å². The molecule has 1 fully saturated rings. The minimum atomic E-state index is -3.99. The van der Waals surface area contributed by atoms with Gasteiger partial charge in [0.05, 0.1) is 4.90 Å². The monoisotopic (exact) mass is 531 g/mol. The SMILES string of the molecule is O=C(O[C@@H](CCc1ccccc1)c1ccccc1)[C@@H]1CCCCN1S(=O)(=O)c1cc(Cl)cc(Cl)c1. The van der Waals surface area contributed by atoms with Crippen LogP contribution in [0.3, 0.4) is 0 Å². The van der Waals surface area contributed by atoms with Gasteiger partial charge < -0.3 is 4.74 Å². The van der Waals surface area contributed by atoms with E-state index in [1.165, 1.54) is 22.5 Å². The lowest BCUT2D eigenvalue weighted by atomic mass is 10.0. The fourth-order valence-electron chi connectivity index (χ4n) is 4.36. The van der Waals surface area contributed by atoms with E-state index >= 15 is 0 Å². The van der Waals surface area contributed by atoms with Gasteiger partial charge in [-0.3, -0.25) is 4.79 Å². The Labute approximate surface area is 216 Å². The standard InChI is InChI=1S/C27H27Cl2NO4S/c28-22-17-23(29)19-24(18-22)35(32,33)30-16-8-7-13-25(30)27(31)34-26(21-11-5-2-6-12-21)15-14-20-9-3-1-4-10-20/h1-6,9-12,17-19,25-26H,7-8,13-16H2/t25-,26-/m0/s1. The number of carbonyl (C=O) groups is 1. The van der Waals surface area contributed by atoms with Crippen LogP contribution in [0.1, 0.15) is 42.9 Å². The van der Waals surface area contributed by atoms with Crippen LogP contribution in [0.4, 0.5) is 0 Å². The number of rotatable bonds is 8. The third-order valence-corrected chi connectivity index (χ3v) is 8.46. The molecule has 1 saturated heterocycles. The minimum Gasteiger partial charge on any atom is -0.456 e. The van der Waals surface area contributed by atoms with Crippen molar-refractivity contribution in [1.29, 1.82) is 0 Å². The molecular weight excluding hydrogens is 505 g/mol. The first-order valence-corrected chi connectivity index (χ1v) is 13.8. The Morgan fingerprint density at radius 1 is 0.943 bits per heavy atom. The van der Waals surface area contributed by atoms with Crippen molar-refractivity contribution < 1.29 is 17.9 Å². The van der Waals surface area contributed by atoms with E-state index in [9.17, 15) is 13.2 Å². The second-order valence-electron chi connectivity index (χ2n) is 8.59. The molecule has 3 aromatic rings. The number of ether oxygens (including phenoxy) is 1. The zero-order valence-electron chi connectivity index (χ0n) is 19.1. The number of aryl methyl sites for hydroxylation is 1. The van der Waals surface area contributed by atoms with Crippen LogP contribution in [-0.4, -0.2) is 31.3 Å². The molecule has 3 aromatic carbocycles. The molecule has 0 spiro atoms. The normalized spacial score (nSPS) is 17.6. The van der Waals surface area contributed by atoms with Crippen molar-refractivity contribution in [2.24, 2.45) is 0 Å². The number of hydrogen-bond acceptors (Lipinski definition) is 4. The summed E-state index contributed by atoms with van der Waals surface area (Å²) in [7, 11) is -3.99. The zero-order chi connectivity index (χ0) is 24.8. The average Bonchev–Trinajstić information content (AvgIpc) is 2.87. The molecule has 0 amide bonds. The largest absolute Gasteiger partial charge is 0.456 e. The first-order chi connectivity index (χ1) is 16.8. The third kappa shape index (κ3) is 6.44. The van der Waals surface area contributed by atoms with Gasteiger partial charge >= 0.3 is 5.97 Å². The van der Waals surface area contributed by atoms with Crippen LogP contribution in [0.15, 0.2) is 83.8 Å².